The van der Waals surface area contributed by atoms with Crippen LogP contribution in [0.15, 0.2) is 41.0 Å². The van der Waals surface area contributed by atoms with Gasteiger partial charge in [0.2, 0.25) is 5.95 Å². The predicted octanol–water partition coefficient (Wildman–Crippen LogP) is 2.80. The Hall–Kier alpha value is -1.75. The fourth-order valence-corrected chi connectivity index (χ4v) is 1.71. The van der Waals surface area contributed by atoms with Crippen molar-refractivity contribution in [3.63, 3.8) is 0 Å². The first-order chi connectivity index (χ1) is 8.15. The summed E-state index contributed by atoms with van der Waals surface area (Å²) >= 11 is 3.32. The van der Waals surface area contributed by atoms with Crippen molar-refractivity contribution in [1.82, 2.24) is 9.97 Å². The summed E-state index contributed by atoms with van der Waals surface area (Å²) in [5, 5.41) is 2.64. The number of hydrogen-bond donors (Lipinski definition) is 1. The zero-order valence-corrected chi connectivity index (χ0v) is 10.7. The number of aryl methyl sites for hydroxylation is 1. The van der Waals surface area contributed by atoms with E-state index in [-0.39, 0.29) is 5.91 Å². The molecule has 0 atom stereocenters. The summed E-state index contributed by atoms with van der Waals surface area (Å²) in [5.41, 5.74) is 1.37. The Labute approximate surface area is 107 Å². The van der Waals surface area contributed by atoms with Crippen molar-refractivity contribution >= 4 is 27.8 Å². The molecule has 0 fully saturated rings. The maximum Gasteiger partial charge on any atom is 0.258 e. The van der Waals surface area contributed by atoms with Gasteiger partial charge in [0.15, 0.2) is 0 Å². The van der Waals surface area contributed by atoms with E-state index in [2.05, 4.69) is 31.2 Å². The smallest absolute Gasteiger partial charge is 0.258 e. The lowest BCUT2D eigenvalue weighted by atomic mass is 10.2. The summed E-state index contributed by atoms with van der Waals surface area (Å²) in [6, 6.07) is 8.91. The third-order valence-corrected chi connectivity index (χ3v) is 2.60. The van der Waals surface area contributed by atoms with Crippen LogP contribution in [0.3, 0.4) is 0 Å². The van der Waals surface area contributed by atoms with Crippen molar-refractivity contribution < 1.29 is 4.79 Å². The fraction of sp³-hybridized carbons (Fsp3) is 0.0833. The number of aromatic nitrogens is 2. The zero-order chi connectivity index (χ0) is 12.3. The SMILES string of the molecule is Cc1ccnc(NC(=O)c2cccc(Br)c2)n1. The highest BCUT2D eigenvalue weighted by molar-refractivity contribution is 9.10. The average Bonchev–Trinajstić information content (AvgIpc) is 2.29. The summed E-state index contributed by atoms with van der Waals surface area (Å²) in [6.45, 7) is 1.84. The fourth-order valence-electron chi connectivity index (χ4n) is 1.31. The van der Waals surface area contributed by atoms with Crippen LogP contribution >= 0.6 is 15.9 Å². The number of rotatable bonds is 2. The van der Waals surface area contributed by atoms with Crippen LogP contribution in [0.25, 0.3) is 0 Å². The first-order valence-corrected chi connectivity index (χ1v) is 5.81. The monoisotopic (exact) mass is 291 g/mol. The molecule has 17 heavy (non-hydrogen) atoms. The number of halogens is 1. The van der Waals surface area contributed by atoms with Gasteiger partial charge < -0.3 is 0 Å². The minimum atomic E-state index is -0.225. The number of hydrogen-bond acceptors (Lipinski definition) is 3. The first kappa shape index (κ1) is 11.7. The Kier molecular flexibility index (Phi) is 3.49. The van der Waals surface area contributed by atoms with Crippen LogP contribution in [0.2, 0.25) is 0 Å². The van der Waals surface area contributed by atoms with Gasteiger partial charge in [-0.05, 0) is 31.2 Å². The molecule has 0 radical (unpaired) electrons. The van der Waals surface area contributed by atoms with Gasteiger partial charge in [-0.2, -0.15) is 0 Å². The minimum absolute atomic E-state index is 0.225. The van der Waals surface area contributed by atoms with E-state index < -0.39 is 0 Å². The molecule has 0 aliphatic carbocycles. The Morgan fingerprint density at radius 2 is 2.18 bits per heavy atom. The molecule has 1 amide bonds. The molecule has 0 unspecified atom stereocenters. The third kappa shape index (κ3) is 3.10. The van der Waals surface area contributed by atoms with E-state index in [9.17, 15) is 4.79 Å². The normalized spacial score (nSPS) is 10.0. The molecule has 0 saturated carbocycles. The van der Waals surface area contributed by atoms with Crippen molar-refractivity contribution in [3.8, 4) is 0 Å². The Balaban J connectivity index is 2.17. The van der Waals surface area contributed by atoms with Gasteiger partial charge in [0, 0.05) is 21.9 Å². The highest BCUT2D eigenvalue weighted by atomic mass is 79.9. The van der Waals surface area contributed by atoms with Crippen molar-refractivity contribution in [2.45, 2.75) is 6.92 Å². The molecule has 0 bridgehead atoms. The second-order valence-electron chi connectivity index (χ2n) is 3.49. The number of nitrogens with zero attached hydrogens (tertiary/aromatic N) is 2. The van der Waals surface area contributed by atoms with Crippen LogP contribution in [-0.4, -0.2) is 15.9 Å². The molecular formula is C12H10BrN3O. The Morgan fingerprint density at radius 3 is 2.88 bits per heavy atom. The molecule has 86 valence electrons. The number of benzene rings is 1. The number of carbonyl (C=O) groups is 1. The van der Waals surface area contributed by atoms with E-state index in [4.69, 9.17) is 0 Å². The topological polar surface area (TPSA) is 54.9 Å². The standard InChI is InChI=1S/C12H10BrN3O/c1-8-5-6-14-12(15-8)16-11(17)9-3-2-4-10(13)7-9/h2-7H,1H3,(H,14,15,16,17). The molecule has 4 nitrogen and oxygen atoms in total. The highest BCUT2D eigenvalue weighted by Gasteiger charge is 2.07. The molecule has 1 heterocycles. The maximum atomic E-state index is 11.9. The average molecular weight is 292 g/mol. The number of carbonyl (C=O) groups excluding carboxylic acids is 1. The van der Waals surface area contributed by atoms with Crippen LogP contribution in [0, 0.1) is 6.92 Å². The predicted molar refractivity (Wildman–Crippen MR) is 68.9 cm³/mol. The molecule has 5 heteroatoms. The molecule has 0 aliphatic rings. The minimum Gasteiger partial charge on any atom is -0.290 e. The summed E-state index contributed by atoms with van der Waals surface area (Å²) in [6.07, 6.45) is 1.61. The van der Waals surface area contributed by atoms with E-state index in [1.54, 1.807) is 30.5 Å². The van der Waals surface area contributed by atoms with Crippen molar-refractivity contribution in [2.24, 2.45) is 0 Å². The lowest BCUT2D eigenvalue weighted by molar-refractivity contribution is 0.102. The van der Waals surface area contributed by atoms with Crippen LogP contribution in [0.5, 0.6) is 0 Å². The van der Waals surface area contributed by atoms with E-state index in [0.717, 1.165) is 10.2 Å². The summed E-state index contributed by atoms with van der Waals surface area (Å²) in [4.78, 5) is 19.9. The van der Waals surface area contributed by atoms with Crippen molar-refractivity contribution in [3.05, 3.63) is 52.3 Å². The summed E-state index contributed by atoms with van der Waals surface area (Å²) < 4.78 is 0.857. The van der Waals surface area contributed by atoms with E-state index in [0.29, 0.717) is 11.5 Å². The van der Waals surface area contributed by atoms with Crippen molar-refractivity contribution in [2.75, 3.05) is 5.32 Å². The Morgan fingerprint density at radius 1 is 1.35 bits per heavy atom. The third-order valence-electron chi connectivity index (χ3n) is 2.11. The first-order valence-electron chi connectivity index (χ1n) is 5.02. The van der Waals surface area contributed by atoms with Crippen LogP contribution < -0.4 is 5.32 Å². The quantitative estimate of drug-likeness (QED) is 0.926. The molecular weight excluding hydrogens is 282 g/mol. The van der Waals surface area contributed by atoms with Gasteiger partial charge in [0.25, 0.3) is 5.91 Å². The van der Waals surface area contributed by atoms with Gasteiger partial charge in [-0.25, -0.2) is 9.97 Å². The molecule has 1 N–H and O–H groups in total. The second-order valence-corrected chi connectivity index (χ2v) is 4.40. The van der Waals surface area contributed by atoms with E-state index >= 15 is 0 Å². The van der Waals surface area contributed by atoms with E-state index in [1.807, 2.05) is 13.0 Å². The van der Waals surface area contributed by atoms with Crippen molar-refractivity contribution in [1.29, 1.82) is 0 Å². The molecule has 2 rings (SSSR count). The lowest BCUT2D eigenvalue weighted by Crippen LogP contribution is -2.14. The van der Waals surface area contributed by atoms with Gasteiger partial charge in [-0.1, -0.05) is 22.0 Å². The van der Waals surface area contributed by atoms with Gasteiger partial charge in [-0.15, -0.1) is 0 Å². The molecule has 0 saturated heterocycles. The maximum absolute atomic E-state index is 11.9. The van der Waals surface area contributed by atoms with Crippen LogP contribution in [0.1, 0.15) is 16.1 Å². The summed E-state index contributed by atoms with van der Waals surface area (Å²) in [7, 11) is 0. The number of anilines is 1. The zero-order valence-electron chi connectivity index (χ0n) is 9.14. The highest BCUT2D eigenvalue weighted by Crippen LogP contribution is 2.12. The Bertz CT molecular complexity index is 557. The molecule has 0 aliphatic heterocycles. The molecule has 1 aromatic carbocycles. The van der Waals surface area contributed by atoms with E-state index in [1.165, 1.54) is 0 Å². The van der Waals surface area contributed by atoms with Gasteiger partial charge >= 0.3 is 0 Å². The number of amides is 1. The van der Waals surface area contributed by atoms with Gasteiger partial charge in [0.05, 0.1) is 0 Å². The molecule has 1 aromatic heterocycles. The lowest BCUT2D eigenvalue weighted by Gasteiger charge is -2.04. The largest absolute Gasteiger partial charge is 0.290 e. The molecule has 2 aromatic rings. The van der Waals surface area contributed by atoms with Gasteiger partial charge in [0.1, 0.15) is 0 Å². The van der Waals surface area contributed by atoms with Crippen LogP contribution in [-0.2, 0) is 0 Å². The number of nitrogens with one attached hydrogen (secondary N) is 1. The van der Waals surface area contributed by atoms with Crippen LogP contribution in [0.4, 0.5) is 5.95 Å². The summed E-state index contributed by atoms with van der Waals surface area (Å²) in [5.74, 6) is 0.0897. The van der Waals surface area contributed by atoms with Gasteiger partial charge in [-0.3, -0.25) is 10.1 Å². The second kappa shape index (κ2) is 5.05. The molecule has 0 spiro atoms.